The van der Waals surface area contributed by atoms with E-state index in [2.05, 4.69) is 13.2 Å². The molecule has 0 aliphatic heterocycles. The first kappa shape index (κ1) is 17.7. The number of rotatable bonds is 2. The molecule has 0 bridgehead atoms. The first-order chi connectivity index (χ1) is 5.91. The summed E-state index contributed by atoms with van der Waals surface area (Å²) in [5.41, 5.74) is 0. The molecule has 0 heterocycles. The molecule has 0 saturated carbocycles. The minimum Gasteiger partial charge on any atom is -0.295 e. The monoisotopic (exact) mass is 188 g/mol. The Hall–Kier alpha value is -1.25. The molecule has 0 spiro atoms. The van der Waals surface area contributed by atoms with Gasteiger partial charge < -0.3 is 0 Å². The van der Waals surface area contributed by atoms with Crippen molar-refractivity contribution in [2.75, 3.05) is 0 Å². The average molecular weight is 188 g/mol. The third kappa shape index (κ3) is 36.5. The van der Waals surface area contributed by atoms with Crippen LogP contribution in [0.5, 0.6) is 0 Å². The second-order valence-corrected chi connectivity index (χ2v) is 1.78. The normalized spacial score (nSPS) is 6.54. The third-order valence-electron chi connectivity index (χ3n) is 0.669. The van der Waals surface area contributed by atoms with E-state index in [0.717, 1.165) is 6.92 Å². The summed E-state index contributed by atoms with van der Waals surface area (Å²) in [5, 5.41) is 0. The van der Waals surface area contributed by atoms with Gasteiger partial charge in [0.05, 0.1) is 0 Å². The van der Waals surface area contributed by atoms with Crippen LogP contribution < -0.4 is 0 Å². The Morgan fingerprint density at radius 2 is 1.38 bits per heavy atom. The molecule has 0 saturated heterocycles. The standard InChI is InChI=1S/C4H5FO.C4H6O.C2H6/c1-3(5)4(2)6;1-3-4(2)5;1-2/h1H2,2H3;3H,1H2,2H3;1-2H3. The smallest absolute Gasteiger partial charge is 0.187 e. The van der Waals surface area contributed by atoms with E-state index in [-0.39, 0.29) is 5.78 Å². The van der Waals surface area contributed by atoms with E-state index >= 15 is 0 Å². The van der Waals surface area contributed by atoms with Crippen molar-refractivity contribution < 1.29 is 14.0 Å². The zero-order valence-electron chi connectivity index (χ0n) is 8.69. The van der Waals surface area contributed by atoms with E-state index in [9.17, 15) is 14.0 Å². The number of halogens is 1. The van der Waals surface area contributed by atoms with Gasteiger partial charge in [0.25, 0.3) is 0 Å². The van der Waals surface area contributed by atoms with Crippen molar-refractivity contribution in [3.8, 4) is 0 Å². The lowest BCUT2D eigenvalue weighted by Gasteiger charge is -1.75. The van der Waals surface area contributed by atoms with Crippen LogP contribution in [0.4, 0.5) is 4.39 Å². The number of hydrogen-bond acceptors (Lipinski definition) is 2. The summed E-state index contributed by atoms with van der Waals surface area (Å²) < 4.78 is 11.3. The summed E-state index contributed by atoms with van der Waals surface area (Å²) in [6.45, 7) is 12.5. The maximum absolute atomic E-state index is 11.3. The van der Waals surface area contributed by atoms with Gasteiger partial charge >= 0.3 is 0 Å². The summed E-state index contributed by atoms with van der Waals surface area (Å²) in [5.74, 6) is -1.46. The minimum absolute atomic E-state index is 0.0185. The fourth-order valence-electron chi connectivity index (χ4n) is 0. The van der Waals surface area contributed by atoms with E-state index in [0.29, 0.717) is 0 Å². The Morgan fingerprint density at radius 3 is 1.38 bits per heavy atom. The van der Waals surface area contributed by atoms with Crippen LogP contribution in [0.1, 0.15) is 27.7 Å². The van der Waals surface area contributed by atoms with Crippen LogP contribution in [0.3, 0.4) is 0 Å². The number of ketones is 2. The van der Waals surface area contributed by atoms with E-state index in [4.69, 9.17) is 0 Å². The summed E-state index contributed by atoms with van der Waals surface area (Å²) in [6.07, 6.45) is 1.28. The highest BCUT2D eigenvalue weighted by Crippen LogP contribution is 1.88. The van der Waals surface area contributed by atoms with Gasteiger partial charge in [0, 0.05) is 6.92 Å². The highest BCUT2D eigenvalue weighted by Gasteiger charge is 1.91. The fraction of sp³-hybridized carbons (Fsp3) is 0.400. The molecule has 0 fully saturated rings. The molecule has 76 valence electrons. The summed E-state index contributed by atoms with van der Waals surface area (Å²) >= 11 is 0. The van der Waals surface area contributed by atoms with Gasteiger partial charge in [-0.05, 0) is 13.0 Å². The number of carbonyl (C=O) groups is 2. The van der Waals surface area contributed by atoms with Crippen molar-refractivity contribution in [3.63, 3.8) is 0 Å². The number of hydrogen-bond donors (Lipinski definition) is 0. The number of carbonyl (C=O) groups excluding carboxylic acids is 2. The quantitative estimate of drug-likeness (QED) is 0.624. The molecule has 0 aromatic carbocycles. The molecule has 0 aromatic heterocycles. The van der Waals surface area contributed by atoms with Gasteiger partial charge in [0.2, 0.25) is 0 Å². The molecule has 0 aromatic rings. The zero-order chi connectivity index (χ0) is 11.4. The lowest BCUT2D eigenvalue weighted by atomic mass is 10.4. The van der Waals surface area contributed by atoms with Crippen molar-refractivity contribution in [1.29, 1.82) is 0 Å². The van der Waals surface area contributed by atoms with E-state index in [1.54, 1.807) is 0 Å². The van der Waals surface area contributed by atoms with Crippen LogP contribution in [0.2, 0.25) is 0 Å². The second kappa shape index (κ2) is 13.3. The molecule has 13 heavy (non-hydrogen) atoms. The zero-order valence-corrected chi connectivity index (χ0v) is 8.69. The van der Waals surface area contributed by atoms with Crippen LogP contribution in [0, 0.1) is 0 Å². The van der Waals surface area contributed by atoms with Gasteiger partial charge in [-0.15, -0.1) is 0 Å². The average Bonchev–Trinajstić information content (AvgIpc) is 2.09. The molecule has 0 aliphatic carbocycles. The van der Waals surface area contributed by atoms with Gasteiger partial charge in [0.1, 0.15) is 0 Å². The highest BCUT2D eigenvalue weighted by atomic mass is 19.1. The molecule has 3 heteroatoms. The first-order valence-electron chi connectivity index (χ1n) is 3.90. The minimum atomic E-state index is -0.880. The van der Waals surface area contributed by atoms with E-state index < -0.39 is 11.6 Å². The Morgan fingerprint density at radius 1 is 1.23 bits per heavy atom. The summed E-state index contributed by atoms with van der Waals surface area (Å²) in [6, 6.07) is 0. The fourth-order valence-corrected chi connectivity index (χ4v) is 0. The molecule has 0 atom stereocenters. The van der Waals surface area contributed by atoms with Crippen molar-refractivity contribution in [1.82, 2.24) is 0 Å². The Balaban J connectivity index is -0.000000131. The number of Topliss-reactive ketones (excluding diaryl/α,β-unsaturated/α-hetero) is 1. The summed E-state index contributed by atoms with van der Waals surface area (Å²) in [4.78, 5) is 19.4. The van der Waals surface area contributed by atoms with E-state index in [1.165, 1.54) is 13.0 Å². The van der Waals surface area contributed by atoms with E-state index in [1.807, 2.05) is 13.8 Å². The van der Waals surface area contributed by atoms with Gasteiger partial charge in [-0.2, -0.15) is 0 Å². The maximum atomic E-state index is 11.3. The highest BCUT2D eigenvalue weighted by molar-refractivity contribution is 5.90. The number of allylic oxidation sites excluding steroid dienone is 2. The first-order valence-corrected chi connectivity index (χ1v) is 3.90. The van der Waals surface area contributed by atoms with Crippen LogP contribution in [0.25, 0.3) is 0 Å². The predicted octanol–water partition coefficient (Wildman–Crippen LogP) is 2.85. The van der Waals surface area contributed by atoms with Crippen LogP contribution in [-0.4, -0.2) is 11.6 Å². The van der Waals surface area contributed by atoms with Crippen molar-refractivity contribution in [2.45, 2.75) is 27.7 Å². The lowest BCUT2D eigenvalue weighted by Crippen LogP contribution is -1.84. The van der Waals surface area contributed by atoms with Crippen LogP contribution >= 0.6 is 0 Å². The predicted molar refractivity (Wildman–Crippen MR) is 53.2 cm³/mol. The molecule has 0 aliphatic rings. The maximum Gasteiger partial charge on any atom is 0.187 e. The molecule has 0 N–H and O–H groups in total. The molecule has 0 rings (SSSR count). The van der Waals surface area contributed by atoms with Crippen molar-refractivity contribution in [3.05, 3.63) is 25.1 Å². The summed E-state index contributed by atoms with van der Waals surface area (Å²) in [7, 11) is 0. The molecule has 0 amide bonds. The molecule has 2 nitrogen and oxygen atoms in total. The topological polar surface area (TPSA) is 34.1 Å². The van der Waals surface area contributed by atoms with Crippen LogP contribution in [-0.2, 0) is 9.59 Å². The van der Waals surface area contributed by atoms with Gasteiger partial charge in [-0.1, -0.05) is 27.0 Å². The van der Waals surface area contributed by atoms with Crippen molar-refractivity contribution >= 4 is 11.6 Å². The third-order valence-corrected chi connectivity index (χ3v) is 0.669. The molecule has 0 radical (unpaired) electrons. The molecular formula is C10H17FO2. The molecule has 0 unspecified atom stereocenters. The van der Waals surface area contributed by atoms with Gasteiger partial charge in [-0.3, -0.25) is 9.59 Å². The Kier molecular flexibility index (Phi) is 18.2. The Bertz CT molecular complexity index is 171. The SMILES string of the molecule is C=C(F)C(C)=O.C=CC(C)=O.CC. The lowest BCUT2D eigenvalue weighted by molar-refractivity contribution is -0.115. The second-order valence-electron chi connectivity index (χ2n) is 1.78. The van der Waals surface area contributed by atoms with Crippen molar-refractivity contribution in [2.24, 2.45) is 0 Å². The van der Waals surface area contributed by atoms with Gasteiger partial charge in [-0.25, -0.2) is 4.39 Å². The Labute approximate surface area is 79.1 Å². The van der Waals surface area contributed by atoms with Gasteiger partial charge in [0.15, 0.2) is 17.4 Å². The van der Waals surface area contributed by atoms with Crippen LogP contribution in [0.15, 0.2) is 25.1 Å². The largest absolute Gasteiger partial charge is 0.295 e. The molecular weight excluding hydrogens is 171 g/mol.